The molecule has 2 saturated heterocycles. The molecule has 6 nitrogen and oxygen atoms in total. The van der Waals surface area contributed by atoms with Crippen LogP contribution < -0.4 is 0 Å². The van der Waals surface area contributed by atoms with Gasteiger partial charge in [0, 0.05) is 83.0 Å². The van der Waals surface area contributed by atoms with Crippen LogP contribution in [0.4, 0.5) is 0 Å². The van der Waals surface area contributed by atoms with E-state index in [1.165, 1.54) is 44.1 Å². The fourth-order valence-electron chi connectivity index (χ4n) is 9.27. The smallest absolute Gasteiger partial charge is 0.134 e. The van der Waals surface area contributed by atoms with E-state index in [2.05, 4.69) is 82.4 Å². The molecule has 0 radical (unpaired) electrons. The Labute approximate surface area is 261 Å². The maximum absolute atomic E-state index is 12.0. The number of piperidine rings is 2. The Morgan fingerprint density at radius 2 is 1.14 bits per heavy atom. The average Bonchev–Trinajstić information content (AvgIpc) is 3.64. The lowest BCUT2D eigenvalue weighted by atomic mass is 9.71. The van der Waals surface area contributed by atoms with Gasteiger partial charge in [0.2, 0.25) is 0 Å². The van der Waals surface area contributed by atoms with E-state index < -0.39 is 0 Å². The van der Waals surface area contributed by atoms with Crippen molar-refractivity contribution in [3.05, 3.63) is 71.0 Å². The number of H-pyrrole nitrogens is 2. The van der Waals surface area contributed by atoms with E-state index in [4.69, 9.17) is 0 Å². The molecule has 4 heterocycles. The van der Waals surface area contributed by atoms with Gasteiger partial charge in [-0.05, 0) is 99.8 Å². The molecule has 2 aromatic heterocycles. The van der Waals surface area contributed by atoms with Gasteiger partial charge >= 0.3 is 0 Å². The molecule has 8 rings (SSSR count). The fourth-order valence-corrected chi connectivity index (χ4v) is 9.27. The molecule has 232 valence electrons. The molecule has 0 spiro atoms. The molecule has 6 heteroatoms. The van der Waals surface area contributed by atoms with Crippen molar-refractivity contribution in [1.29, 1.82) is 0 Å². The number of aromatic amines is 2. The zero-order valence-electron chi connectivity index (χ0n) is 26.9. The normalized spacial score (nSPS) is 27.8. The molecule has 0 amide bonds. The van der Waals surface area contributed by atoms with Crippen molar-refractivity contribution >= 4 is 33.4 Å². The van der Waals surface area contributed by atoms with E-state index in [-0.39, 0.29) is 11.8 Å². The number of likely N-dealkylation sites (tertiary alicyclic amines) is 2. The summed E-state index contributed by atoms with van der Waals surface area (Å²) in [7, 11) is 0. The number of carbonyl (C=O) groups is 2. The van der Waals surface area contributed by atoms with E-state index in [0.29, 0.717) is 35.5 Å². The highest BCUT2D eigenvalue weighted by molar-refractivity contribution is 5.89. The highest BCUT2D eigenvalue weighted by Crippen LogP contribution is 2.46. The number of fused-ring (bicyclic) bond motifs is 4. The molecule has 2 aliphatic heterocycles. The summed E-state index contributed by atoms with van der Waals surface area (Å²) in [6, 6.07) is 14.3. The minimum Gasteiger partial charge on any atom is -0.361 e. The number of hydrogen-bond acceptors (Lipinski definition) is 4. The molecule has 4 aliphatic rings. The zero-order chi connectivity index (χ0) is 30.5. The highest BCUT2D eigenvalue weighted by Gasteiger charge is 2.43. The average molecular weight is 593 g/mol. The number of carbonyl (C=O) groups excluding carboxylic acids is 2. The van der Waals surface area contributed by atoms with Gasteiger partial charge in [0.05, 0.1) is 0 Å². The Morgan fingerprint density at radius 3 is 1.52 bits per heavy atom. The lowest BCUT2D eigenvalue weighted by Gasteiger charge is -2.46. The minimum atomic E-state index is 0.198. The largest absolute Gasteiger partial charge is 0.361 e. The van der Waals surface area contributed by atoms with Crippen LogP contribution in [0.25, 0.3) is 21.8 Å². The summed E-state index contributed by atoms with van der Waals surface area (Å²) in [5.41, 5.74) is 8.31. The first kappa shape index (κ1) is 29.5. The monoisotopic (exact) mass is 592 g/mol. The summed E-state index contributed by atoms with van der Waals surface area (Å²) in [6.45, 7) is 12.1. The van der Waals surface area contributed by atoms with Gasteiger partial charge in [-0.3, -0.25) is 19.4 Å². The van der Waals surface area contributed by atoms with Gasteiger partial charge in [0.15, 0.2) is 0 Å². The molecule has 2 N–H and O–H groups in total. The van der Waals surface area contributed by atoms with E-state index in [1.807, 2.05) is 0 Å². The lowest BCUT2D eigenvalue weighted by molar-refractivity contribution is -0.124. The maximum Gasteiger partial charge on any atom is 0.134 e. The molecule has 0 unspecified atom stereocenters. The molecule has 0 bridgehead atoms. The van der Waals surface area contributed by atoms with Crippen molar-refractivity contribution in [2.24, 2.45) is 11.8 Å². The summed E-state index contributed by atoms with van der Waals surface area (Å²) >= 11 is 0. The summed E-state index contributed by atoms with van der Waals surface area (Å²) in [5, 5.41) is 2.84. The minimum absolute atomic E-state index is 0.198. The molecular weight excluding hydrogens is 544 g/mol. The van der Waals surface area contributed by atoms with Crippen LogP contribution >= 0.6 is 0 Å². The van der Waals surface area contributed by atoms with Crippen LogP contribution in [0.2, 0.25) is 0 Å². The highest BCUT2D eigenvalue weighted by atomic mass is 16.1. The second kappa shape index (κ2) is 11.9. The van der Waals surface area contributed by atoms with Crippen molar-refractivity contribution in [1.82, 2.24) is 19.8 Å². The number of Topliss-reactive ketones (excluding diaryl/α,β-unsaturated/α-hetero) is 2. The Hall–Kier alpha value is -3.22. The van der Waals surface area contributed by atoms with E-state index in [9.17, 15) is 9.59 Å². The van der Waals surface area contributed by atoms with Crippen LogP contribution in [0.5, 0.6) is 0 Å². The van der Waals surface area contributed by atoms with Gasteiger partial charge in [-0.25, -0.2) is 0 Å². The van der Waals surface area contributed by atoms with Gasteiger partial charge in [0.1, 0.15) is 11.6 Å². The second-order valence-electron chi connectivity index (χ2n) is 14.0. The van der Waals surface area contributed by atoms with Crippen LogP contribution in [0.15, 0.2) is 48.8 Å². The van der Waals surface area contributed by atoms with E-state index in [1.54, 1.807) is 13.8 Å². The zero-order valence-corrected chi connectivity index (χ0v) is 26.9. The fraction of sp³-hybridized carbons (Fsp3) is 0.526. The number of benzene rings is 2. The second-order valence-corrected chi connectivity index (χ2v) is 14.0. The van der Waals surface area contributed by atoms with Gasteiger partial charge < -0.3 is 9.97 Å². The Bertz CT molecular complexity index is 1560. The molecule has 4 aromatic rings. The summed E-state index contributed by atoms with van der Waals surface area (Å²) < 4.78 is 0. The van der Waals surface area contributed by atoms with Crippen LogP contribution in [-0.2, 0) is 22.4 Å². The number of rotatable bonds is 6. The number of nitrogens with one attached hydrogen (secondary N) is 2. The topological polar surface area (TPSA) is 72.2 Å². The third-order valence-electron chi connectivity index (χ3n) is 11.3. The molecule has 6 atom stereocenters. The third-order valence-corrected chi connectivity index (χ3v) is 11.3. The van der Waals surface area contributed by atoms with Crippen LogP contribution in [-0.4, -0.2) is 69.6 Å². The first-order chi connectivity index (χ1) is 21.4. The van der Waals surface area contributed by atoms with E-state index >= 15 is 0 Å². The molecular formula is C38H48N4O2. The standard InChI is InChI=1S/2C19H24N2O/c2*1-3-7-21-11-14(12(2)22)8-16-15-5-4-6-17-19(15)13(10-20-17)9-18(16)21/h2*4-6,10,14,16,18,20H,3,7-9,11H2,1-2H3/t2*14-,16-,18-/m11/s1. The summed E-state index contributed by atoms with van der Waals surface area (Å²) in [6.07, 6.45) is 10.9. The quantitative estimate of drug-likeness (QED) is 0.253. The molecule has 2 fully saturated rings. The van der Waals surface area contributed by atoms with Gasteiger partial charge in [-0.1, -0.05) is 38.1 Å². The predicted octanol–water partition coefficient (Wildman–Crippen LogP) is 6.99. The molecule has 2 aliphatic carbocycles. The van der Waals surface area contributed by atoms with Crippen molar-refractivity contribution < 1.29 is 9.59 Å². The molecule has 2 aromatic carbocycles. The van der Waals surface area contributed by atoms with Crippen LogP contribution in [0, 0.1) is 11.8 Å². The maximum atomic E-state index is 12.0. The number of nitrogens with zero attached hydrogens (tertiary/aromatic N) is 2. The number of hydrogen-bond donors (Lipinski definition) is 2. The Balaban J connectivity index is 0.000000142. The van der Waals surface area contributed by atoms with Crippen LogP contribution in [0.3, 0.4) is 0 Å². The van der Waals surface area contributed by atoms with Crippen molar-refractivity contribution in [2.75, 3.05) is 26.2 Å². The van der Waals surface area contributed by atoms with Gasteiger partial charge in [-0.2, -0.15) is 0 Å². The number of ketones is 2. The Morgan fingerprint density at radius 1 is 0.705 bits per heavy atom. The van der Waals surface area contributed by atoms with Gasteiger partial charge in [-0.15, -0.1) is 0 Å². The van der Waals surface area contributed by atoms with E-state index in [0.717, 1.165) is 64.7 Å². The first-order valence-corrected chi connectivity index (χ1v) is 17.0. The van der Waals surface area contributed by atoms with Crippen molar-refractivity contribution in [2.45, 2.75) is 90.1 Å². The lowest BCUT2D eigenvalue weighted by Crippen LogP contribution is -2.51. The number of aromatic nitrogens is 2. The first-order valence-electron chi connectivity index (χ1n) is 17.0. The molecule has 0 saturated carbocycles. The SMILES string of the molecule is CCCN1C[C@H](C(C)=O)C[C@@H]2c3cccc4[nH]cc(c34)C[C@H]21.CCCN1C[C@H](C(C)=O)C[C@@H]2c3cccc4[nH]cc(c34)C[C@H]21. The predicted molar refractivity (Wildman–Crippen MR) is 178 cm³/mol. The Kier molecular flexibility index (Phi) is 8.00. The molecule has 44 heavy (non-hydrogen) atoms. The van der Waals surface area contributed by atoms with Crippen molar-refractivity contribution in [3.63, 3.8) is 0 Å². The van der Waals surface area contributed by atoms with Crippen molar-refractivity contribution in [3.8, 4) is 0 Å². The summed E-state index contributed by atoms with van der Waals surface area (Å²) in [4.78, 5) is 36.1. The summed E-state index contributed by atoms with van der Waals surface area (Å²) in [5.74, 6) is 2.10. The van der Waals surface area contributed by atoms with Gasteiger partial charge in [0.25, 0.3) is 0 Å². The van der Waals surface area contributed by atoms with Crippen LogP contribution in [0.1, 0.15) is 87.5 Å². The third kappa shape index (κ3) is 5.04.